The first kappa shape index (κ1) is 22.1. The molecule has 0 aromatic heterocycles. The third-order valence-corrected chi connectivity index (χ3v) is 5.11. The summed E-state index contributed by atoms with van der Waals surface area (Å²) in [4.78, 5) is 37.8. The maximum absolute atomic E-state index is 12.8. The van der Waals surface area contributed by atoms with E-state index in [1.807, 2.05) is 6.07 Å². The van der Waals surface area contributed by atoms with E-state index in [1.54, 1.807) is 73.7 Å². The number of halogens is 1. The normalized spacial score (nSPS) is 14.4. The Morgan fingerprint density at radius 3 is 2.45 bits per heavy atom. The van der Waals surface area contributed by atoms with Crippen molar-refractivity contribution in [3.05, 3.63) is 94.5 Å². The summed E-state index contributed by atoms with van der Waals surface area (Å²) in [6, 6.07) is 20.1. The zero-order valence-electron chi connectivity index (χ0n) is 17.6. The number of hydrogen-bond donors (Lipinski definition) is 1. The Labute approximate surface area is 195 Å². The lowest BCUT2D eigenvalue weighted by atomic mass is 10.1. The summed E-state index contributed by atoms with van der Waals surface area (Å²) in [6.45, 7) is 2.11. The number of amides is 2. The van der Waals surface area contributed by atoms with Crippen molar-refractivity contribution in [3.63, 3.8) is 0 Å². The largest absolute Gasteiger partial charge is 0.490 e. The van der Waals surface area contributed by atoms with Crippen molar-refractivity contribution in [2.24, 2.45) is 0 Å². The smallest absolute Gasteiger partial charge is 0.345 e. The highest BCUT2D eigenvalue weighted by Crippen LogP contribution is 2.31. The summed E-state index contributed by atoms with van der Waals surface area (Å²) >= 11 is 6.08. The third kappa shape index (κ3) is 4.73. The monoisotopic (exact) mass is 462 g/mol. The maximum Gasteiger partial charge on any atom is 0.345 e. The molecule has 0 atom stereocenters. The van der Waals surface area contributed by atoms with Crippen molar-refractivity contribution in [3.8, 4) is 11.5 Å². The molecular weight excluding hydrogens is 444 g/mol. The molecule has 0 spiro atoms. The quantitative estimate of drug-likeness (QED) is 0.254. The van der Waals surface area contributed by atoms with Crippen molar-refractivity contribution in [2.45, 2.75) is 6.92 Å². The van der Waals surface area contributed by atoms with E-state index in [9.17, 15) is 14.4 Å². The van der Waals surface area contributed by atoms with Crippen molar-refractivity contribution in [2.75, 3.05) is 11.6 Å². The van der Waals surface area contributed by atoms with E-state index in [1.165, 1.54) is 11.1 Å². The van der Waals surface area contributed by atoms with Crippen molar-refractivity contribution in [1.82, 2.24) is 5.43 Å². The van der Waals surface area contributed by atoms with Crippen LogP contribution < -0.4 is 19.9 Å². The highest BCUT2D eigenvalue weighted by Gasteiger charge is 2.34. The number of rotatable bonds is 6. The van der Waals surface area contributed by atoms with Crippen molar-refractivity contribution in [1.29, 1.82) is 0 Å². The van der Waals surface area contributed by atoms with Gasteiger partial charge in [0.1, 0.15) is 5.57 Å². The Morgan fingerprint density at radius 1 is 1.00 bits per heavy atom. The van der Waals surface area contributed by atoms with Gasteiger partial charge >= 0.3 is 5.97 Å². The minimum atomic E-state index is -0.628. The number of hydrogen-bond acceptors (Lipinski definition) is 5. The van der Waals surface area contributed by atoms with E-state index < -0.39 is 17.8 Å². The minimum absolute atomic E-state index is 0.0258. The molecule has 2 amide bonds. The number of ether oxygens (including phenoxy) is 2. The van der Waals surface area contributed by atoms with E-state index in [0.29, 0.717) is 17.9 Å². The molecule has 1 aliphatic heterocycles. The molecule has 1 saturated heterocycles. The van der Waals surface area contributed by atoms with Gasteiger partial charge in [-0.1, -0.05) is 48.0 Å². The summed E-state index contributed by atoms with van der Waals surface area (Å²) in [5.74, 6) is -1.14. The molecule has 1 fully saturated rings. The van der Waals surface area contributed by atoms with Gasteiger partial charge in [-0.15, -0.1) is 0 Å². The van der Waals surface area contributed by atoms with Gasteiger partial charge in [0.25, 0.3) is 11.8 Å². The van der Waals surface area contributed by atoms with Gasteiger partial charge in [-0.3, -0.25) is 15.0 Å². The van der Waals surface area contributed by atoms with Gasteiger partial charge in [-0.05, 0) is 55.0 Å². The lowest BCUT2D eigenvalue weighted by molar-refractivity contribution is -0.117. The summed E-state index contributed by atoms with van der Waals surface area (Å²) < 4.78 is 11.1. The van der Waals surface area contributed by atoms with Crippen LogP contribution in [0.3, 0.4) is 0 Å². The molecule has 3 aromatic rings. The zero-order valence-corrected chi connectivity index (χ0v) is 18.3. The molecular formula is C25H19ClN2O5. The fraction of sp³-hybridized carbons (Fsp3) is 0.0800. The number of hydrazine groups is 1. The highest BCUT2D eigenvalue weighted by molar-refractivity contribution is 6.33. The second-order valence-electron chi connectivity index (χ2n) is 6.98. The van der Waals surface area contributed by atoms with E-state index in [0.717, 1.165) is 0 Å². The van der Waals surface area contributed by atoms with Gasteiger partial charge in [0.05, 0.1) is 22.9 Å². The van der Waals surface area contributed by atoms with Gasteiger partial charge in [-0.25, -0.2) is 9.80 Å². The van der Waals surface area contributed by atoms with Crippen LogP contribution in [0.15, 0.2) is 78.4 Å². The first-order valence-corrected chi connectivity index (χ1v) is 10.5. The number of nitrogens with zero attached hydrogens (tertiary/aromatic N) is 1. The van der Waals surface area contributed by atoms with Crippen LogP contribution >= 0.6 is 11.6 Å². The number of benzene rings is 3. The highest BCUT2D eigenvalue weighted by atomic mass is 35.5. The summed E-state index contributed by atoms with van der Waals surface area (Å²) in [7, 11) is 0. The van der Waals surface area contributed by atoms with Gasteiger partial charge < -0.3 is 9.47 Å². The van der Waals surface area contributed by atoms with E-state index in [-0.39, 0.29) is 27.7 Å². The number of para-hydroxylation sites is 1. The Bertz CT molecular complexity index is 1260. The molecule has 1 aliphatic rings. The Balaban J connectivity index is 1.60. The average molecular weight is 463 g/mol. The Kier molecular flexibility index (Phi) is 6.42. The number of esters is 1. The van der Waals surface area contributed by atoms with Gasteiger partial charge in [0.15, 0.2) is 11.5 Å². The van der Waals surface area contributed by atoms with E-state index >= 15 is 0 Å². The molecule has 0 radical (unpaired) electrons. The number of carbonyl (C=O) groups is 3. The van der Waals surface area contributed by atoms with E-state index in [2.05, 4.69) is 5.43 Å². The molecule has 8 heteroatoms. The van der Waals surface area contributed by atoms with Crippen molar-refractivity contribution < 1.29 is 23.9 Å². The second kappa shape index (κ2) is 9.58. The lowest BCUT2D eigenvalue weighted by Gasteiger charge is -2.14. The Morgan fingerprint density at radius 2 is 1.73 bits per heavy atom. The third-order valence-electron chi connectivity index (χ3n) is 4.78. The molecule has 1 heterocycles. The molecule has 4 rings (SSSR count). The molecule has 166 valence electrons. The van der Waals surface area contributed by atoms with E-state index in [4.69, 9.17) is 21.1 Å². The predicted molar refractivity (Wildman–Crippen MR) is 124 cm³/mol. The van der Waals surface area contributed by atoms with Crippen molar-refractivity contribution >= 4 is 41.1 Å². The fourth-order valence-electron chi connectivity index (χ4n) is 3.23. The van der Waals surface area contributed by atoms with Crippen LogP contribution in [0.25, 0.3) is 6.08 Å². The van der Waals surface area contributed by atoms with Crippen LogP contribution in [-0.2, 0) is 9.59 Å². The van der Waals surface area contributed by atoms with Gasteiger partial charge in [0, 0.05) is 0 Å². The predicted octanol–water partition coefficient (Wildman–Crippen LogP) is 4.42. The second-order valence-corrected chi connectivity index (χ2v) is 7.39. The molecule has 0 unspecified atom stereocenters. The number of nitrogens with one attached hydrogen (secondary N) is 1. The molecule has 3 aromatic carbocycles. The van der Waals surface area contributed by atoms with Crippen LogP contribution in [0.2, 0.25) is 5.02 Å². The van der Waals surface area contributed by atoms with Crippen LogP contribution in [0.1, 0.15) is 22.8 Å². The van der Waals surface area contributed by atoms with Crippen LogP contribution in [-0.4, -0.2) is 24.4 Å². The molecule has 0 bridgehead atoms. The lowest BCUT2D eigenvalue weighted by Crippen LogP contribution is -2.35. The Hall–Kier alpha value is -4.10. The SMILES string of the molecule is CCOc1cc(/C=C2\C(=O)NN(c3ccccc3)C2=O)ccc1OC(=O)c1ccccc1Cl. The number of anilines is 1. The first-order chi connectivity index (χ1) is 16.0. The summed E-state index contributed by atoms with van der Waals surface area (Å²) in [5.41, 5.74) is 3.84. The zero-order chi connectivity index (χ0) is 23.4. The molecule has 7 nitrogen and oxygen atoms in total. The topological polar surface area (TPSA) is 84.9 Å². The van der Waals surface area contributed by atoms with Crippen LogP contribution in [0.4, 0.5) is 5.69 Å². The minimum Gasteiger partial charge on any atom is -0.490 e. The standard InChI is InChI=1S/C25H19ClN2O5/c1-2-32-22-15-16(12-13-21(22)33-25(31)18-10-6-7-11-20(18)26)14-19-23(29)27-28(24(19)30)17-8-4-3-5-9-17/h3-15H,2H2,1H3,(H,27,29)/b19-14+. The average Bonchev–Trinajstić information content (AvgIpc) is 3.10. The summed E-state index contributed by atoms with van der Waals surface area (Å²) in [5, 5.41) is 1.47. The molecule has 0 aliphatic carbocycles. The van der Waals surface area contributed by atoms with Crippen LogP contribution in [0.5, 0.6) is 11.5 Å². The summed E-state index contributed by atoms with van der Waals surface area (Å²) in [6.07, 6.45) is 1.46. The van der Waals surface area contributed by atoms with Gasteiger partial charge in [-0.2, -0.15) is 0 Å². The molecule has 33 heavy (non-hydrogen) atoms. The van der Waals surface area contributed by atoms with Crippen LogP contribution in [0, 0.1) is 0 Å². The maximum atomic E-state index is 12.8. The molecule has 0 saturated carbocycles. The molecule has 1 N–H and O–H groups in total. The fourth-order valence-corrected chi connectivity index (χ4v) is 3.44. The first-order valence-electron chi connectivity index (χ1n) is 10.1. The van der Waals surface area contributed by atoms with Gasteiger partial charge in [0.2, 0.25) is 0 Å². The number of carbonyl (C=O) groups excluding carboxylic acids is 3.